The number of benzene rings is 2. The number of carbonyl (C=O) groups is 1. The molecule has 1 aromatic heterocycles. The molecule has 27 heavy (non-hydrogen) atoms. The highest BCUT2D eigenvalue weighted by Crippen LogP contribution is 2.23. The zero-order valence-electron chi connectivity index (χ0n) is 15.6. The van der Waals surface area contributed by atoms with E-state index in [1.165, 1.54) is 11.8 Å². The lowest BCUT2D eigenvalue weighted by Gasteiger charge is -2.18. The first kappa shape index (κ1) is 19.0. The van der Waals surface area contributed by atoms with Gasteiger partial charge in [0.15, 0.2) is 0 Å². The summed E-state index contributed by atoms with van der Waals surface area (Å²) in [7, 11) is 5.80. The maximum atomic E-state index is 12.4. The Bertz CT molecular complexity index is 879. The summed E-state index contributed by atoms with van der Waals surface area (Å²) in [4.78, 5) is 16.1. The molecule has 0 aliphatic heterocycles. The summed E-state index contributed by atoms with van der Waals surface area (Å²) in [5.74, 6) is 0.721. The molecule has 140 valence electrons. The van der Waals surface area contributed by atoms with E-state index in [0.29, 0.717) is 17.7 Å². The fourth-order valence-electron chi connectivity index (χ4n) is 2.46. The number of thioether (sulfide) groups is 1. The normalized spacial score (nSPS) is 10.6. The molecule has 0 saturated heterocycles. The Morgan fingerprint density at radius 1 is 1.00 bits per heavy atom. The van der Waals surface area contributed by atoms with Gasteiger partial charge in [0.25, 0.3) is 5.22 Å². The molecule has 1 heterocycles. The van der Waals surface area contributed by atoms with Gasteiger partial charge in [0.2, 0.25) is 11.8 Å². The van der Waals surface area contributed by atoms with E-state index < -0.39 is 0 Å². The average molecular weight is 382 g/mol. The molecule has 0 aliphatic carbocycles. The molecule has 6 nitrogen and oxygen atoms in total. The monoisotopic (exact) mass is 382 g/mol. The predicted octanol–water partition coefficient (Wildman–Crippen LogP) is 3.55. The fraction of sp³-hybridized carbons (Fsp3) is 0.250. The van der Waals surface area contributed by atoms with Gasteiger partial charge in [-0.15, -0.1) is 10.2 Å². The molecule has 0 spiro atoms. The van der Waals surface area contributed by atoms with E-state index in [-0.39, 0.29) is 11.7 Å². The standard InChI is InChI=1S/C20H22N4O2S/c1-23(2)17-11-9-15(10-12-17)13-24(3)18(25)14-27-20-22-21-19(26-20)16-7-5-4-6-8-16/h4-12H,13-14H2,1-3H3. The molecule has 0 N–H and O–H groups in total. The maximum Gasteiger partial charge on any atom is 0.277 e. The van der Waals surface area contributed by atoms with Crippen LogP contribution in [0.5, 0.6) is 0 Å². The number of amides is 1. The molecule has 0 saturated carbocycles. The van der Waals surface area contributed by atoms with Crippen LogP contribution in [0.25, 0.3) is 11.5 Å². The Balaban J connectivity index is 1.52. The molecular formula is C20H22N4O2S. The number of carbonyl (C=O) groups excluding carboxylic acids is 1. The van der Waals surface area contributed by atoms with E-state index in [0.717, 1.165) is 16.8 Å². The summed E-state index contributed by atoms with van der Waals surface area (Å²) >= 11 is 1.25. The molecule has 0 radical (unpaired) electrons. The summed E-state index contributed by atoms with van der Waals surface area (Å²) in [5.41, 5.74) is 3.08. The first-order chi connectivity index (χ1) is 13.0. The van der Waals surface area contributed by atoms with Gasteiger partial charge >= 0.3 is 0 Å². The summed E-state index contributed by atoms with van der Waals surface area (Å²) < 4.78 is 5.62. The van der Waals surface area contributed by atoms with Gasteiger partial charge in [-0.1, -0.05) is 42.1 Å². The Morgan fingerprint density at radius 3 is 2.37 bits per heavy atom. The van der Waals surface area contributed by atoms with Crippen molar-refractivity contribution in [2.45, 2.75) is 11.8 Å². The van der Waals surface area contributed by atoms with Gasteiger partial charge in [0.1, 0.15) is 0 Å². The fourth-order valence-corrected chi connectivity index (χ4v) is 3.16. The molecular weight excluding hydrogens is 360 g/mol. The molecule has 3 aromatic rings. The topological polar surface area (TPSA) is 62.5 Å². The van der Waals surface area contributed by atoms with Crippen LogP contribution in [0.4, 0.5) is 5.69 Å². The minimum absolute atomic E-state index is 0.0103. The van der Waals surface area contributed by atoms with Gasteiger partial charge in [-0.3, -0.25) is 4.79 Å². The van der Waals surface area contributed by atoms with Crippen molar-refractivity contribution in [1.82, 2.24) is 15.1 Å². The van der Waals surface area contributed by atoms with Crippen molar-refractivity contribution in [2.24, 2.45) is 0 Å². The van der Waals surface area contributed by atoms with Crippen LogP contribution in [0.1, 0.15) is 5.56 Å². The van der Waals surface area contributed by atoms with Crippen molar-refractivity contribution in [1.29, 1.82) is 0 Å². The van der Waals surface area contributed by atoms with Crippen molar-refractivity contribution < 1.29 is 9.21 Å². The third-order valence-electron chi connectivity index (χ3n) is 4.04. The summed E-state index contributed by atoms with van der Waals surface area (Å²) in [5, 5.41) is 8.43. The molecule has 1 amide bonds. The van der Waals surface area contributed by atoms with Crippen molar-refractivity contribution in [3.8, 4) is 11.5 Å². The zero-order valence-corrected chi connectivity index (χ0v) is 16.4. The van der Waals surface area contributed by atoms with Gasteiger partial charge in [0.05, 0.1) is 5.75 Å². The Labute approximate surface area is 163 Å². The lowest BCUT2D eigenvalue weighted by molar-refractivity contribution is -0.127. The Hall–Kier alpha value is -2.80. The number of hydrogen-bond acceptors (Lipinski definition) is 6. The van der Waals surface area contributed by atoms with Gasteiger partial charge in [-0.2, -0.15) is 0 Å². The average Bonchev–Trinajstić information content (AvgIpc) is 3.16. The van der Waals surface area contributed by atoms with E-state index in [1.54, 1.807) is 11.9 Å². The molecule has 0 bridgehead atoms. The van der Waals surface area contributed by atoms with Crippen molar-refractivity contribution in [2.75, 3.05) is 31.8 Å². The minimum atomic E-state index is 0.0103. The lowest BCUT2D eigenvalue weighted by atomic mass is 10.2. The molecule has 0 unspecified atom stereocenters. The number of anilines is 1. The number of nitrogens with zero attached hydrogens (tertiary/aromatic N) is 4. The Kier molecular flexibility index (Phi) is 6.13. The van der Waals surface area contributed by atoms with Gasteiger partial charge in [0, 0.05) is 38.9 Å². The third kappa shape index (κ3) is 5.10. The molecule has 0 fully saturated rings. The van der Waals surface area contributed by atoms with Crippen molar-refractivity contribution in [3.05, 3.63) is 60.2 Å². The van der Waals surface area contributed by atoms with E-state index in [2.05, 4.69) is 10.2 Å². The number of rotatable bonds is 7. The molecule has 3 rings (SSSR count). The van der Waals surface area contributed by atoms with Crippen LogP contribution in [0, 0.1) is 0 Å². The second-order valence-electron chi connectivity index (χ2n) is 6.34. The van der Waals surface area contributed by atoms with E-state index in [1.807, 2.05) is 73.6 Å². The van der Waals surface area contributed by atoms with Crippen LogP contribution >= 0.6 is 11.8 Å². The zero-order chi connectivity index (χ0) is 19.2. The molecule has 2 aromatic carbocycles. The van der Waals surface area contributed by atoms with Crippen LogP contribution in [0.3, 0.4) is 0 Å². The predicted molar refractivity (Wildman–Crippen MR) is 108 cm³/mol. The third-order valence-corrected chi connectivity index (χ3v) is 4.85. The van der Waals surface area contributed by atoms with Crippen molar-refractivity contribution >= 4 is 23.4 Å². The minimum Gasteiger partial charge on any atom is -0.411 e. The second kappa shape index (κ2) is 8.73. The van der Waals surface area contributed by atoms with Gasteiger partial charge in [-0.05, 0) is 29.8 Å². The molecule has 0 atom stereocenters. The first-order valence-electron chi connectivity index (χ1n) is 8.55. The summed E-state index contributed by atoms with van der Waals surface area (Å²) in [6.45, 7) is 0.562. The van der Waals surface area contributed by atoms with Crippen LogP contribution in [0.2, 0.25) is 0 Å². The highest BCUT2D eigenvalue weighted by Gasteiger charge is 2.14. The second-order valence-corrected chi connectivity index (χ2v) is 7.27. The summed E-state index contributed by atoms with van der Waals surface area (Å²) in [6.07, 6.45) is 0. The maximum absolute atomic E-state index is 12.4. The molecule has 0 aliphatic rings. The lowest BCUT2D eigenvalue weighted by Crippen LogP contribution is -2.27. The molecule has 7 heteroatoms. The van der Waals surface area contributed by atoms with Crippen LogP contribution in [0.15, 0.2) is 64.2 Å². The highest BCUT2D eigenvalue weighted by molar-refractivity contribution is 7.99. The number of hydrogen-bond donors (Lipinski definition) is 0. The van der Waals surface area contributed by atoms with Crippen LogP contribution in [-0.4, -0.2) is 47.9 Å². The van der Waals surface area contributed by atoms with Crippen LogP contribution in [-0.2, 0) is 11.3 Å². The Morgan fingerprint density at radius 2 is 1.70 bits per heavy atom. The largest absolute Gasteiger partial charge is 0.411 e. The number of aromatic nitrogens is 2. The van der Waals surface area contributed by atoms with E-state index >= 15 is 0 Å². The summed E-state index contributed by atoms with van der Waals surface area (Å²) in [6, 6.07) is 17.7. The van der Waals surface area contributed by atoms with E-state index in [9.17, 15) is 4.79 Å². The van der Waals surface area contributed by atoms with Gasteiger partial charge in [-0.25, -0.2) is 0 Å². The highest BCUT2D eigenvalue weighted by atomic mass is 32.2. The quantitative estimate of drug-likeness (QED) is 0.582. The van der Waals surface area contributed by atoms with Gasteiger partial charge < -0.3 is 14.2 Å². The van der Waals surface area contributed by atoms with Crippen molar-refractivity contribution in [3.63, 3.8) is 0 Å². The first-order valence-corrected chi connectivity index (χ1v) is 9.53. The van der Waals surface area contributed by atoms with E-state index in [4.69, 9.17) is 4.42 Å². The van der Waals surface area contributed by atoms with Crippen LogP contribution < -0.4 is 4.90 Å². The SMILES string of the molecule is CN(Cc1ccc(N(C)C)cc1)C(=O)CSc1nnc(-c2ccccc2)o1. The smallest absolute Gasteiger partial charge is 0.277 e.